The lowest BCUT2D eigenvalue weighted by molar-refractivity contribution is -0.117. The monoisotopic (exact) mass is 455 g/mol. The summed E-state index contributed by atoms with van der Waals surface area (Å²) < 4.78 is 10.7. The van der Waals surface area contributed by atoms with Gasteiger partial charge >= 0.3 is 0 Å². The Kier molecular flexibility index (Phi) is 7.03. The van der Waals surface area contributed by atoms with Crippen LogP contribution in [0.4, 0.5) is 0 Å². The van der Waals surface area contributed by atoms with Crippen molar-refractivity contribution in [2.45, 2.75) is 19.8 Å². The van der Waals surface area contributed by atoms with Gasteiger partial charge in [0, 0.05) is 5.56 Å². The maximum Gasteiger partial charge on any atom is 0.287 e. The topological polar surface area (TPSA) is 89.0 Å². The van der Waals surface area contributed by atoms with Gasteiger partial charge in [-0.25, -0.2) is 5.43 Å². The van der Waals surface area contributed by atoms with E-state index < -0.39 is 11.8 Å². The molecule has 0 saturated heterocycles. The lowest BCUT2D eigenvalue weighted by atomic mass is 10.0. The largest absolute Gasteiger partial charge is 0.454 e. The molecule has 0 aliphatic carbocycles. The van der Waals surface area contributed by atoms with E-state index in [1.54, 1.807) is 54.8 Å². The summed E-state index contributed by atoms with van der Waals surface area (Å²) in [4.78, 5) is 25.6. The molecule has 4 rings (SSSR count). The van der Waals surface area contributed by atoms with E-state index in [9.17, 15) is 9.59 Å². The molecule has 2 amide bonds. The standard InChI is InChI=1S/C27H25N3O4/c1-18(2)21-11-8-19(9-12-21)16-28-30-27(32)23(29-26(31)22-6-4-3-5-7-22)14-20-10-13-24-25(15-20)34-17-33-24/h3-16,18H,17H2,1-2H3,(H,29,31)(H,30,32)/b23-14+,28-16+. The minimum atomic E-state index is -0.558. The van der Waals surface area contributed by atoms with Crippen LogP contribution in [0, 0.1) is 0 Å². The smallest absolute Gasteiger partial charge is 0.287 e. The van der Waals surface area contributed by atoms with Gasteiger partial charge in [0.15, 0.2) is 11.5 Å². The Morgan fingerprint density at radius 1 is 0.912 bits per heavy atom. The maximum atomic E-state index is 12.9. The van der Waals surface area contributed by atoms with Gasteiger partial charge in [-0.3, -0.25) is 9.59 Å². The highest BCUT2D eigenvalue weighted by Gasteiger charge is 2.16. The second kappa shape index (κ2) is 10.5. The van der Waals surface area contributed by atoms with Crippen molar-refractivity contribution in [3.05, 3.63) is 101 Å². The number of hydrogen-bond donors (Lipinski definition) is 2. The van der Waals surface area contributed by atoms with Crippen LogP contribution in [0.3, 0.4) is 0 Å². The lowest BCUT2D eigenvalue weighted by Crippen LogP contribution is -2.32. The van der Waals surface area contributed by atoms with Crippen LogP contribution in [0.5, 0.6) is 11.5 Å². The predicted octanol–water partition coefficient (Wildman–Crippen LogP) is 4.46. The predicted molar refractivity (Wildman–Crippen MR) is 131 cm³/mol. The molecule has 3 aromatic rings. The summed E-state index contributed by atoms with van der Waals surface area (Å²) in [5, 5.41) is 6.74. The third-order valence-corrected chi connectivity index (χ3v) is 5.22. The normalized spacial score (nSPS) is 12.7. The van der Waals surface area contributed by atoms with Crippen molar-refractivity contribution in [1.29, 1.82) is 0 Å². The SMILES string of the molecule is CC(C)c1ccc(/C=N/NC(=O)/C(=C\c2ccc3c(c2)OCO3)NC(=O)c2ccccc2)cc1. The summed E-state index contributed by atoms with van der Waals surface area (Å²) in [5.74, 6) is 0.672. The minimum Gasteiger partial charge on any atom is -0.454 e. The lowest BCUT2D eigenvalue weighted by Gasteiger charge is -2.09. The number of benzene rings is 3. The Hall–Kier alpha value is -4.39. The molecule has 0 spiro atoms. The summed E-state index contributed by atoms with van der Waals surface area (Å²) in [6, 6.07) is 21.9. The van der Waals surface area contributed by atoms with Gasteiger partial charge in [0.2, 0.25) is 6.79 Å². The summed E-state index contributed by atoms with van der Waals surface area (Å²) in [6.45, 7) is 4.40. The number of carbonyl (C=O) groups is 2. The first-order chi connectivity index (χ1) is 16.5. The fraction of sp³-hybridized carbons (Fsp3) is 0.148. The Morgan fingerprint density at radius 3 is 2.35 bits per heavy atom. The zero-order valence-corrected chi connectivity index (χ0v) is 18.9. The van der Waals surface area contributed by atoms with Crippen molar-refractivity contribution >= 4 is 24.1 Å². The number of amides is 2. The van der Waals surface area contributed by atoms with Crippen molar-refractivity contribution in [2.24, 2.45) is 5.10 Å². The van der Waals surface area contributed by atoms with Gasteiger partial charge < -0.3 is 14.8 Å². The highest BCUT2D eigenvalue weighted by Crippen LogP contribution is 2.33. The van der Waals surface area contributed by atoms with E-state index in [4.69, 9.17) is 9.47 Å². The number of rotatable bonds is 7. The van der Waals surface area contributed by atoms with Gasteiger partial charge in [0.05, 0.1) is 6.21 Å². The Balaban J connectivity index is 1.52. The zero-order valence-electron chi connectivity index (χ0n) is 18.9. The van der Waals surface area contributed by atoms with E-state index in [2.05, 4.69) is 29.7 Å². The van der Waals surface area contributed by atoms with E-state index in [-0.39, 0.29) is 12.5 Å². The first kappa shape index (κ1) is 22.8. The molecule has 1 heterocycles. The molecular formula is C27H25N3O4. The minimum absolute atomic E-state index is 0.0417. The molecule has 7 nitrogen and oxygen atoms in total. The number of fused-ring (bicyclic) bond motifs is 1. The molecular weight excluding hydrogens is 430 g/mol. The highest BCUT2D eigenvalue weighted by atomic mass is 16.7. The Bertz CT molecular complexity index is 1230. The van der Waals surface area contributed by atoms with Gasteiger partial charge in [-0.1, -0.05) is 62.4 Å². The van der Waals surface area contributed by atoms with Crippen molar-refractivity contribution in [3.63, 3.8) is 0 Å². The van der Waals surface area contributed by atoms with Crippen LogP contribution in [0.1, 0.15) is 46.8 Å². The van der Waals surface area contributed by atoms with Crippen molar-refractivity contribution in [2.75, 3.05) is 6.79 Å². The Labute approximate surface area is 198 Å². The summed E-state index contributed by atoms with van der Waals surface area (Å²) in [6.07, 6.45) is 3.12. The molecule has 34 heavy (non-hydrogen) atoms. The average molecular weight is 456 g/mol. The number of ether oxygens (including phenoxy) is 2. The summed E-state index contributed by atoms with van der Waals surface area (Å²) in [7, 11) is 0. The number of nitrogens with one attached hydrogen (secondary N) is 2. The van der Waals surface area contributed by atoms with Gasteiger partial charge in [-0.15, -0.1) is 0 Å². The van der Waals surface area contributed by atoms with E-state index >= 15 is 0 Å². The average Bonchev–Trinajstić information content (AvgIpc) is 3.32. The van der Waals surface area contributed by atoms with Gasteiger partial charge in [0.1, 0.15) is 5.70 Å². The van der Waals surface area contributed by atoms with Gasteiger partial charge in [-0.05, 0) is 52.9 Å². The van der Waals surface area contributed by atoms with Crippen LogP contribution < -0.4 is 20.2 Å². The number of hydrazone groups is 1. The molecule has 0 saturated carbocycles. The number of nitrogens with zero attached hydrogens (tertiary/aromatic N) is 1. The first-order valence-corrected chi connectivity index (χ1v) is 10.9. The molecule has 1 aliphatic heterocycles. The van der Waals surface area contributed by atoms with Crippen LogP contribution in [-0.2, 0) is 4.79 Å². The molecule has 172 valence electrons. The third kappa shape index (κ3) is 5.69. The van der Waals surface area contributed by atoms with Gasteiger partial charge in [0.25, 0.3) is 11.8 Å². The van der Waals surface area contributed by atoms with Crippen LogP contribution in [-0.4, -0.2) is 24.8 Å². The number of carbonyl (C=O) groups excluding carboxylic acids is 2. The van der Waals surface area contributed by atoms with E-state index in [1.165, 1.54) is 5.56 Å². The van der Waals surface area contributed by atoms with Crippen LogP contribution >= 0.6 is 0 Å². The van der Waals surface area contributed by atoms with Crippen LogP contribution in [0.15, 0.2) is 83.6 Å². The fourth-order valence-electron chi connectivity index (χ4n) is 3.30. The first-order valence-electron chi connectivity index (χ1n) is 10.9. The Morgan fingerprint density at radius 2 is 1.62 bits per heavy atom. The second-order valence-electron chi connectivity index (χ2n) is 8.01. The molecule has 7 heteroatoms. The highest BCUT2D eigenvalue weighted by molar-refractivity contribution is 6.05. The number of hydrogen-bond acceptors (Lipinski definition) is 5. The van der Waals surface area contributed by atoms with Crippen molar-refractivity contribution in [1.82, 2.24) is 10.7 Å². The van der Waals surface area contributed by atoms with Gasteiger partial charge in [-0.2, -0.15) is 5.10 Å². The molecule has 1 aliphatic rings. The van der Waals surface area contributed by atoms with Crippen molar-refractivity contribution in [3.8, 4) is 11.5 Å². The maximum absolute atomic E-state index is 12.9. The quantitative estimate of drug-likeness (QED) is 0.313. The van der Waals surface area contributed by atoms with E-state index in [0.717, 1.165) is 5.56 Å². The molecule has 0 aromatic heterocycles. The molecule has 0 radical (unpaired) electrons. The zero-order chi connectivity index (χ0) is 23.9. The molecule has 0 fully saturated rings. The van der Waals surface area contributed by atoms with E-state index in [0.29, 0.717) is 28.5 Å². The molecule has 3 aromatic carbocycles. The fourth-order valence-corrected chi connectivity index (χ4v) is 3.30. The second-order valence-corrected chi connectivity index (χ2v) is 8.01. The molecule has 0 atom stereocenters. The third-order valence-electron chi connectivity index (χ3n) is 5.22. The molecule has 0 unspecified atom stereocenters. The van der Waals surface area contributed by atoms with Crippen LogP contribution in [0.2, 0.25) is 0 Å². The van der Waals surface area contributed by atoms with Crippen LogP contribution in [0.25, 0.3) is 6.08 Å². The summed E-state index contributed by atoms with van der Waals surface area (Å²) in [5.41, 5.74) is 5.69. The van der Waals surface area contributed by atoms with E-state index in [1.807, 2.05) is 30.3 Å². The summed E-state index contributed by atoms with van der Waals surface area (Å²) >= 11 is 0. The molecule has 2 N–H and O–H groups in total. The molecule has 0 bridgehead atoms. The van der Waals surface area contributed by atoms with Crippen molar-refractivity contribution < 1.29 is 19.1 Å².